The molecule has 0 unspecified atom stereocenters. The van der Waals surface area contributed by atoms with Gasteiger partial charge in [-0.25, -0.2) is 8.42 Å². The number of sulfonamides is 1. The van der Waals surface area contributed by atoms with Crippen molar-refractivity contribution in [1.82, 2.24) is 19.8 Å². The van der Waals surface area contributed by atoms with E-state index in [0.29, 0.717) is 6.07 Å². The number of H-pyrrole nitrogens is 1. The smallest absolute Gasteiger partial charge is 0.432 e. The fraction of sp³-hybridized carbons (Fsp3) is 0.385. The number of nitrogens with zero attached hydrogens (tertiary/aromatic N) is 2. The Kier molecular flexibility index (Phi) is 5.23. The SMILES string of the molecule is CNC(=O)CCN(C)S(=O)(=O)c1ccc(-c2cc(C(F)(F)F)[nH]n2)o1. The van der Waals surface area contributed by atoms with Crippen LogP contribution in [0.15, 0.2) is 27.7 Å². The molecule has 0 aliphatic heterocycles. The van der Waals surface area contributed by atoms with Gasteiger partial charge in [0.2, 0.25) is 11.0 Å². The second kappa shape index (κ2) is 6.88. The maximum absolute atomic E-state index is 12.6. The third-order valence-electron chi connectivity index (χ3n) is 3.31. The van der Waals surface area contributed by atoms with Gasteiger partial charge in [-0.2, -0.15) is 22.6 Å². The molecule has 0 saturated heterocycles. The molecule has 2 N–H and O–H groups in total. The van der Waals surface area contributed by atoms with Crippen LogP contribution in [0.2, 0.25) is 0 Å². The average molecular weight is 380 g/mol. The minimum Gasteiger partial charge on any atom is -0.442 e. The molecule has 0 aliphatic carbocycles. The number of alkyl halides is 3. The van der Waals surface area contributed by atoms with Crippen molar-refractivity contribution in [1.29, 1.82) is 0 Å². The van der Waals surface area contributed by atoms with Gasteiger partial charge < -0.3 is 9.73 Å². The minimum absolute atomic E-state index is 0.0475. The molecule has 138 valence electrons. The Morgan fingerprint density at radius 3 is 2.64 bits per heavy atom. The fourth-order valence-electron chi connectivity index (χ4n) is 1.85. The van der Waals surface area contributed by atoms with Gasteiger partial charge in [-0.05, 0) is 18.2 Å². The molecule has 0 fully saturated rings. The highest BCUT2D eigenvalue weighted by atomic mass is 32.2. The van der Waals surface area contributed by atoms with Crippen molar-refractivity contribution >= 4 is 15.9 Å². The highest BCUT2D eigenvalue weighted by Crippen LogP contribution is 2.31. The summed E-state index contributed by atoms with van der Waals surface area (Å²) in [7, 11) is -1.34. The molecule has 0 aromatic carbocycles. The van der Waals surface area contributed by atoms with Crippen molar-refractivity contribution in [3.05, 3.63) is 23.9 Å². The van der Waals surface area contributed by atoms with Crippen LogP contribution in [-0.2, 0) is 21.0 Å². The zero-order chi connectivity index (χ0) is 18.8. The van der Waals surface area contributed by atoms with E-state index in [0.717, 1.165) is 10.4 Å². The van der Waals surface area contributed by atoms with Gasteiger partial charge in [-0.15, -0.1) is 0 Å². The van der Waals surface area contributed by atoms with Crippen molar-refractivity contribution in [3.63, 3.8) is 0 Å². The molecule has 2 aromatic rings. The van der Waals surface area contributed by atoms with E-state index in [9.17, 15) is 26.4 Å². The van der Waals surface area contributed by atoms with Gasteiger partial charge in [0.1, 0.15) is 11.4 Å². The molecule has 2 aromatic heterocycles. The summed E-state index contributed by atoms with van der Waals surface area (Å²) in [6.45, 7) is -0.0847. The molecule has 0 atom stereocenters. The molecule has 12 heteroatoms. The number of hydrogen-bond donors (Lipinski definition) is 2. The lowest BCUT2D eigenvalue weighted by atomic mass is 10.3. The minimum atomic E-state index is -4.60. The van der Waals surface area contributed by atoms with Gasteiger partial charge in [0.25, 0.3) is 10.0 Å². The number of amides is 1. The first-order chi connectivity index (χ1) is 11.6. The summed E-state index contributed by atoms with van der Waals surface area (Å²) in [5, 5.41) is 7.18. The van der Waals surface area contributed by atoms with Gasteiger partial charge in [0.05, 0.1) is 0 Å². The van der Waals surface area contributed by atoms with Crippen LogP contribution in [0, 0.1) is 0 Å². The maximum atomic E-state index is 12.6. The summed E-state index contributed by atoms with van der Waals surface area (Å²) in [6.07, 6.45) is -4.65. The Morgan fingerprint density at radius 1 is 1.40 bits per heavy atom. The molecular weight excluding hydrogens is 365 g/mol. The lowest BCUT2D eigenvalue weighted by molar-refractivity contribution is -0.141. The first-order valence-corrected chi connectivity index (χ1v) is 8.39. The fourth-order valence-corrected chi connectivity index (χ4v) is 2.92. The molecular formula is C13H15F3N4O4S. The van der Waals surface area contributed by atoms with Crippen molar-refractivity contribution in [2.75, 3.05) is 20.6 Å². The van der Waals surface area contributed by atoms with Crippen molar-refractivity contribution < 1.29 is 30.8 Å². The molecule has 25 heavy (non-hydrogen) atoms. The summed E-state index contributed by atoms with van der Waals surface area (Å²) in [4.78, 5) is 11.2. The van der Waals surface area contributed by atoms with Gasteiger partial charge in [-0.3, -0.25) is 9.89 Å². The van der Waals surface area contributed by atoms with Crippen LogP contribution in [-0.4, -0.2) is 49.5 Å². The van der Waals surface area contributed by atoms with E-state index in [2.05, 4.69) is 10.4 Å². The lowest BCUT2D eigenvalue weighted by Gasteiger charge is -2.14. The van der Waals surface area contributed by atoms with E-state index in [1.807, 2.05) is 5.10 Å². The van der Waals surface area contributed by atoms with Crippen LogP contribution in [0.5, 0.6) is 0 Å². The number of aromatic amines is 1. The lowest BCUT2D eigenvalue weighted by Crippen LogP contribution is -2.31. The van der Waals surface area contributed by atoms with Crippen molar-refractivity contribution in [2.45, 2.75) is 17.7 Å². The maximum Gasteiger partial charge on any atom is 0.432 e. The number of hydrogen-bond acceptors (Lipinski definition) is 5. The molecule has 0 aliphatic rings. The number of furan rings is 1. The molecule has 0 spiro atoms. The third-order valence-corrected chi connectivity index (χ3v) is 5.05. The van der Waals surface area contributed by atoms with Crippen molar-refractivity contribution in [2.24, 2.45) is 0 Å². The molecule has 2 heterocycles. The summed E-state index contributed by atoms with van der Waals surface area (Å²) in [5.41, 5.74) is -1.26. The number of rotatable bonds is 6. The topological polar surface area (TPSA) is 108 Å². The third kappa shape index (κ3) is 4.20. The van der Waals surface area contributed by atoms with Gasteiger partial charge in [0, 0.05) is 27.1 Å². The van der Waals surface area contributed by atoms with Gasteiger partial charge >= 0.3 is 6.18 Å². The Labute approximate surface area is 141 Å². The first kappa shape index (κ1) is 19.0. The van der Waals surface area contributed by atoms with Crippen LogP contribution < -0.4 is 5.32 Å². The number of halogens is 3. The van der Waals surface area contributed by atoms with Crippen LogP contribution >= 0.6 is 0 Å². The zero-order valence-corrected chi connectivity index (χ0v) is 14.0. The highest BCUT2D eigenvalue weighted by Gasteiger charge is 2.34. The summed E-state index contributed by atoms with van der Waals surface area (Å²) < 4.78 is 68.4. The summed E-state index contributed by atoms with van der Waals surface area (Å²) >= 11 is 0. The predicted molar refractivity (Wildman–Crippen MR) is 79.8 cm³/mol. The quantitative estimate of drug-likeness (QED) is 0.788. The zero-order valence-electron chi connectivity index (χ0n) is 13.2. The monoisotopic (exact) mass is 380 g/mol. The Bertz CT molecular complexity index is 857. The normalized spacial score (nSPS) is 12.6. The van der Waals surface area contributed by atoms with Crippen LogP contribution in [0.4, 0.5) is 13.2 Å². The number of aromatic nitrogens is 2. The average Bonchev–Trinajstić information content (AvgIpc) is 3.19. The van der Waals surface area contributed by atoms with Crippen LogP contribution in [0.1, 0.15) is 12.1 Å². The second-order valence-corrected chi connectivity index (χ2v) is 7.01. The Hall–Kier alpha value is -2.34. The number of carbonyl (C=O) groups excluding carboxylic acids is 1. The molecule has 2 rings (SSSR count). The Balaban J connectivity index is 2.19. The van der Waals surface area contributed by atoms with Gasteiger partial charge in [0.15, 0.2) is 5.76 Å². The highest BCUT2D eigenvalue weighted by molar-refractivity contribution is 7.89. The Morgan fingerprint density at radius 2 is 2.08 bits per heavy atom. The molecule has 0 bridgehead atoms. The number of nitrogens with one attached hydrogen (secondary N) is 2. The summed E-state index contributed by atoms with van der Waals surface area (Å²) in [5.74, 6) is -0.469. The second-order valence-electron chi connectivity index (χ2n) is 5.03. The molecule has 0 radical (unpaired) electrons. The van der Waals surface area contributed by atoms with E-state index >= 15 is 0 Å². The number of carbonyl (C=O) groups is 1. The first-order valence-electron chi connectivity index (χ1n) is 6.95. The standard InChI is InChI=1S/C13H15F3N4O4S/c1-17-11(21)5-6-20(2)25(22,23)12-4-3-9(24-12)8-7-10(19-18-8)13(14,15)16/h3-4,7H,5-6H2,1-2H3,(H,17,21)(H,18,19). The van der Waals surface area contributed by atoms with E-state index in [1.54, 1.807) is 0 Å². The van der Waals surface area contributed by atoms with E-state index in [1.165, 1.54) is 20.2 Å². The van der Waals surface area contributed by atoms with Crippen LogP contribution in [0.3, 0.4) is 0 Å². The van der Waals surface area contributed by atoms with Gasteiger partial charge in [-0.1, -0.05) is 0 Å². The predicted octanol–water partition coefficient (Wildman–Crippen LogP) is 1.45. The van der Waals surface area contributed by atoms with E-state index < -0.39 is 27.0 Å². The van der Waals surface area contributed by atoms with Crippen molar-refractivity contribution in [3.8, 4) is 11.5 Å². The molecule has 8 nitrogen and oxygen atoms in total. The molecule has 0 saturated carbocycles. The van der Waals surface area contributed by atoms with Crippen LogP contribution in [0.25, 0.3) is 11.5 Å². The molecule has 1 amide bonds. The van der Waals surface area contributed by atoms with E-state index in [-0.39, 0.29) is 30.3 Å². The largest absolute Gasteiger partial charge is 0.442 e. The van der Waals surface area contributed by atoms with E-state index in [4.69, 9.17) is 4.42 Å². The summed E-state index contributed by atoms with van der Waals surface area (Å²) in [6, 6.07) is 3.03.